The minimum Gasteiger partial charge on any atom is -0.337 e. The van der Waals surface area contributed by atoms with E-state index in [1.54, 1.807) is 0 Å². The van der Waals surface area contributed by atoms with Crippen LogP contribution in [-0.2, 0) is 4.79 Å². The topological polar surface area (TPSA) is 58.2 Å². The van der Waals surface area contributed by atoms with E-state index in [4.69, 9.17) is 0 Å². The van der Waals surface area contributed by atoms with E-state index in [-0.39, 0.29) is 11.9 Å². The Kier molecular flexibility index (Phi) is 1.15. The number of hydrogen-bond acceptors (Lipinski definition) is 2. The second-order valence-electron chi connectivity index (χ2n) is 1.55. The number of hydrogen-bond donors (Lipinski definition) is 2. The van der Waals surface area contributed by atoms with Gasteiger partial charge in [-0.3, -0.25) is 10.1 Å². The van der Waals surface area contributed by atoms with Crippen molar-refractivity contribution in [2.45, 2.75) is 6.42 Å². The lowest BCUT2D eigenvalue weighted by molar-refractivity contribution is -0.120. The normalized spacial score (nSPS) is 19.5. The van der Waals surface area contributed by atoms with E-state index < -0.39 is 0 Å². The second-order valence-corrected chi connectivity index (χ2v) is 1.55. The quantitative estimate of drug-likeness (QED) is 0.407. The van der Waals surface area contributed by atoms with Crippen molar-refractivity contribution < 1.29 is 9.59 Å². The van der Waals surface area contributed by atoms with Gasteiger partial charge in [-0.05, 0) is 0 Å². The highest BCUT2D eigenvalue weighted by molar-refractivity contribution is 5.96. The van der Waals surface area contributed by atoms with Gasteiger partial charge in [-0.2, -0.15) is 0 Å². The highest BCUT2D eigenvalue weighted by Crippen LogP contribution is 1.82. The number of nitrogens with one attached hydrogen (secondary N) is 2. The third-order valence-electron chi connectivity index (χ3n) is 0.891. The maximum atomic E-state index is 10.3. The largest absolute Gasteiger partial charge is 0.337 e. The fourth-order valence-corrected chi connectivity index (χ4v) is 0.523. The lowest BCUT2D eigenvalue weighted by Crippen LogP contribution is -2.46. The molecule has 1 aliphatic rings. The molecule has 1 rings (SSSR count). The Morgan fingerprint density at radius 1 is 1.38 bits per heavy atom. The zero-order chi connectivity index (χ0) is 5.98. The predicted octanol–water partition coefficient (Wildman–Crippen LogP) is -0.784. The SMILES string of the molecule is O=C1CC[14NH][13C](=O)[14NH]1. The molecule has 1 aliphatic heterocycles. The molecule has 2 N–H and O–H groups in total. The van der Waals surface area contributed by atoms with Crippen molar-refractivity contribution >= 4 is 11.9 Å². The summed E-state index contributed by atoms with van der Waals surface area (Å²) in [5.41, 5.74) is 0. The summed E-state index contributed by atoms with van der Waals surface area (Å²) >= 11 is 0. The Labute approximate surface area is 46.3 Å². The molecule has 0 aromatic rings. The monoisotopic (exact) mass is 115 g/mol. The van der Waals surface area contributed by atoms with Crippen LogP contribution < -0.4 is 10.6 Å². The molecule has 0 aliphatic carbocycles. The molecule has 4 heteroatoms. The van der Waals surface area contributed by atoms with Crippen molar-refractivity contribution in [2.75, 3.05) is 6.54 Å². The summed E-state index contributed by atoms with van der Waals surface area (Å²) in [6, 6.07) is -0.388. The van der Waals surface area contributed by atoms with Crippen molar-refractivity contribution in [3.05, 3.63) is 0 Å². The summed E-state index contributed by atoms with van der Waals surface area (Å²) in [5.74, 6) is -0.200. The molecule has 44 valence electrons. The van der Waals surface area contributed by atoms with Crippen LogP contribution in [0.5, 0.6) is 0 Å². The minimum absolute atomic E-state index is 0.200. The van der Waals surface area contributed by atoms with Gasteiger partial charge in [-0.1, -0.05) is 0 Å². The first-order chi connectivity index (χ1) is 3.79. The molecule has 3 amide bonds. The van der Waals surface area contributed by atoms with Crippen molar-refractivity contribution in [1.82, 2.24) is 10.6 Å². The summed E-state index contributed by atoms with van der Waals surface area (Å²) in [5, 5.41) is 4.53. The second kappa shape index (κ2) is 1.81. The van der Waals surface area contributed by atoms with Gasteiger partial charge in [0, 0.05) is 13.0 Å². The number of urea groups is 1. The van der Waals surface area contributed by atoms with Crippen LogP contribution in [-0.4, -0.2) is 18.5 Å². The molecule has 1 heterocycles. The standard InChI is InChI=1S/C4H6N2O2/c7-3-1-2-5-4(8)6-3/h1-2H2,(H2,5,6,7,8)/i4+1,5+0,6+0. The number of carbonyl (C=O) groups excluding carboxylic acids is 2. The van der Waals surface area contributed by atoms with Crippen molar-refractivity contribution in [3.63, 3.8) is 0 Å². The fourth-order valence-electron chi connectivity index (χ4n) is 0.523. The summed E-state index contributed by atoms with van der Waals surface area (Å²) in [7, 11) is 0. The Hall–Kier alpha value is -1.06. The van der Waals surface area contributed by atoms with Gasteiger partial charge in [0.05, 0.1) is 0 Å². The van der Waals surface area contributed by atoms with Gasteiger partial charge in [0.15, 0.2) is 0 Å². The number of rotatable bonds is 0. The zero-order valence-electron chi connectivity index (χ0n) is 4.23. The Morgan fingerprint density at radius 2 is 2.12 bits per heavy atom. The van der Waals surface area contributed by atoms with Crippen LogP contribution in [0.3, 0.4) is 0 Å². The summed E-state index contributed by atoms with van der Waals surface area (Å²) < 4.78 is 0. The molecule has 0 radical (unpaired) electrons. The lowest BCUT2D eigenvalue weighted by atomic mass is 10.4. The van der Waals surface area contributed by atoms with Gasteiger partial charge in [0.2, 0.25) is 5.91 Å². The highest BCUT2D eigenvalue weighted by atomic mass is 16.2. The molecule has 1 saturated heterocycles. The minimum atomic E-state index is -0.388. The molecule has 1 fully saturated rings. The van der Waals surface area contributed by atoms with Crippen LogP contribution in [0.25, 0.3) is 0 Å². The summed E-state index contributed by atoms with van der Waals surface area (Å²) in [6.45, 7) is 0.463. The molecule has 0 spiro atoms. The first-order valence-electron chi connectivity index (χ1n) is 2.37. The first-order valence-corrected chi connectivity index (χ1v) is 2.37. The van der Waals surface area contributed by atoms with Gasteiger partial charge in [-0.25, -0.2) is 4.79 Å². The molecular formula is C4H6N2O2. The number of amides is 3. The number of carbonyl (C=O) groups is 2. The number of imide groups is 1. The molecular weight excluding hydrogens is 109 g/mol. The lowest BCUT2D eigenvalue weighted by Gasteiger charge is -2.10. The molecule has 0 unspecified atom stereocenters. The molecule has 8 heavy (non-hydrogen) atoms. The third kappa shape index (κ3) is 0.959. The molecule has 0 aromatic carbocycles. The maximum Gasteiger partial charge on any atom is 0.321 e. The molecule has 0 saturated carbocycles. The zero-order valence-corrected chi connectivity index (χ0v) is 4.23. The Balaban J connectivity index is 2.45. The van der Waals surface area contributed by atoms with Crippen molar-refractivity contribution in [3.8, 4) is 0 Å². The van der Waals surface area contributed by atoms with Gasteiger partial charge in [0.1, 0.15) is 0 Å². The van der Waals surface area contributed by atoms with Crippen LogP contribution >= 0.6 is 0 Å². The van der Waals surface area contributed by atoms with Gasteiger partial charge < -0.3 is 5.32 Å². The van der Waals surface area contributed by atoms with Crippen molar-refractivity contribution in [2.24, 2.45) is 0 Å². The van der Waals surface area contributed by atoms with Crippen LogP contribution in [0.4, 0.5) is 4.79 Å². The van der Waals surface area contributed by atoms with E-state index in [1.165, 1.54) is 0 Å². The summed E-state index contributed by atoms with van der Waals surface area (Å²) in [6.07, 6.45) is 0.395. The molecule has 4 nitrogen and oxygen atoms in total. The fraction of sp³-hybridized carbons (Fsp3) is 0.500. The molecule has 0 atom stereocenters. The van der Waals surface area contributed by atoms with E-state index in [0.717, 1.165) is 0 Å². The predicted molar refractivity (Wildman–Crippen MR) is 26.2 cm³/mol. The van der Waals surface area contributed by atoms with Gasteiger partial charge in [-0.15, -0.1) is 0 Å². The van der Waals surface area contributed by atoms with Gasteiger partial charge in [0.25, 0.3) is 0 Å². The van der Waals surface area contributed by atoms with E-state index in [1.807, 2.05) is 0 Å². The van der Waals surface area contributed by atoms with Gasteiger partial charge >= 0.3 is 6.03 Å². The van der Waals surface area contributed by atoms with Crippen molar-refractivity contribution in [1.29, 1.82) is 0 Å². The summed E-state index contributed by atoms with van der Waals surface area (Å²) in [4.78, 5) is 20.5. The average Bonchev–Trinajstić information content (AvgIpc) is 1.64. The maximum absolute atomic E-state index is 10.3. The Bertz CT molecular complexity index is 118. The highest BCUT2D eigenvalue weighted by Gasteiger charge is 2.11. The van der Waals surface area contributed by atoms with Crippen LogP contribution in [0.2, 0.25) is 0 Å². The third-order valence-corrected chi connectivity index (χ3v) is 0.891. The Morgan fingerprint density at radius 3 is 2.50 bits per heavy atom. The van der Waals surface area contributed by atoms with Crippen LogP contribution in [0.15, 0.2) is 0 Å². The van der Waals surface area contributed by atoms with E-state index >= 15 is 0 Å². The van der Waals surface area contributed by atoms with Crippen LogP contribution in [0, 0.1) is 0 Å². The van der Waals surface area contributed by atoms with E-state index in [9.17, 15) is 9.59 Å². The van der Waals surface area contributed by atoms with E-state index in [0.29, 0.717) is 13.0 Å². The van der Waals surface area contributed by atoms with Crippen LogP contribution in [0.1, 0.15) is 6.42 Å². The molecule has 0 bridgehead atoms. The molecule has 0 aromatic heterocycles. The average molecular weight is 115 g/mol. The first kappa shape index (κ1) is 5.08. The van der Waals surface area contributed by atoms with E-state index in [2.05, 4.69) is 10.6 Å². The smallest absolute Gasteiger partial charge is 0.321 e.